The fraction of sp³-hybridized carbons (Fsp3) is 0.312. The van der Waals surface area contributed by atoms with Crippen molar-refractivity contribution in [2.75, 3.05) is 0 Å². The van der Waals surface area contributed by atoms with Crippen LogP contribution >= 0.6 is 23.1 Å². The van der Waals surface area contributed by atoms with Crippen LogP contribution in [0.5, 0.6) is 0 Å². The lowest BCUT2D eigenvalue weighted by molar-refractivity contribution is 0.638. The molecule has 2 atom stereocenters. The zero-order valence-corrected chi connectivity index (χ0v) is 13.8. The van der Waals surface area contributed by atoms with Crippen molar-refractivity contribution in [1.82, 2.24) is 9.97 Å². The van der Waals surface area contributed by atoms with Gasteiger partial charge in [0.2, 0.25) is 0 Å². The van der Waals surface area contributed by atoms with Crippen LogP contribution in [0.3, 0.4) is 0 Å². The maximum atomic E-state index is 6.32. The molecule has 0 saturated carbocycles. The predicted octanol–water partition coefficient (Wildman–Crippen LogP) is 4.50. The zero-order chi connectivity index (χ0) is 14.8. The van der Waals surface area contributed by atoms with E-state index in [0.717, 1.165) is 22.6 Å². The lowest BCUT2D eigenvalue weighted by Crippen LogP contribution is -2.25. The van der Waals surface area contributed by atoms with Gasteiger partial charge < -0.3 is 10.7 Å². The molecule has 0 aliphatic heterocycles. The summed E-state index contributed by atoms with van der Waals surface area (Å²) in [5, 5.41) is 3.29. The van der Waals surface area contributed by atoms with Gasteiger partial charge in [-0.1, -0.05) is 30.8 Å². The summed E-state index contributed by atoms with van der Waals surface area (Å²) in [5.74, 6) is 0. The second-order valence-electron chi connectivity index (χ2n) is 5.19. The number of nitrogens with one attached hydrogen (secondary N) is 1. The summed E-state index contributed by atoms with van der Waals surface area (Å²) in [6, 6.07) is 10.6. The van der Waals surface area contributed by atoms with Crippen LogP contribution in [0.2, 0.25) is 0 Å². The number of fused-ring (bicyclic) bond motifs is 1. The minimum absolute atomic E-state index is 0.128. The van der Waals surface area contributed by atoms with Gasteiger partial charge in [-0.15, -0.1) is 11.3 Å². The number of thiophene rings is 1. The number of nitrogens with two attached hydrogens (primary N) is 1. The number of nitrogens with zero attached hydrogens (tertiary/aromatic N) is 1. The molecule has 5 heteroatoms. The average molecular weight is 317 g/mol. The number of imidazole rings is 1. The number of rotatable bonds is 5. The molecule has 0 spiro atoms. The summed E-state index contributed by atoms with van der Waals surface area (Å²) in [5.41, 5.74) is 9.66. The lowest BCUT2D eigenvalue weighted by Gasteiger charge is -2.19. The maximum Gasteiger partial charge on any atom is 0.167 e. The Morgan fingerprint density at radius 2 is 2.24 bits per heavy atom. The zero-order valence-electron chi connectivity index (χ0n) is 12.2. The number of hydrogen-bond donors (Lipinski definition) is 2. The number of aromatic nitrogens is 2. The third kappa shape index (κ3) is 3.15. The lowest BCUT2D eigenvalue weighted by atomic mass is 10.1. The smallest absolute Gasteiger partial charge is 0.167 e. The van der Waals surface area contributed by atoms with E-state index in [-0.39, 0.29) is 11.3 Å². The Morgan fingerprint density at radius 1 is 1.38 bits per heavy atom. The van der Waals surface area contributed by atoms with Crippen molar-refractivity contribution >= 4 is 34.1 Å². The molecule has 21 heavy (non-hydrogen) atoms. The normalized spacial score (nSPS) is 14.4. The Bertz CT molecular complexity index is 718. The van der Waals surface area contributed by atoms with Crippen molar-refractivity contribution in [3.05, 3.63) is 46.2 Å². The highest BCUT2D eigenvalue weighted by Gasteiger charge is 2.22. The van der Waals surface area contributed by atoms with Gasteiger partial charge in [-0.2, -0.15) is 0 Å². The van der Waals surface area contributed by atoms with Crippen LogP contribution < -0.4 is 5.73 Å². The first-order valence-corrected chi connectivity index (χ1v) is 8.85. The van der Waals surface area contributed by atoms with E-state index >= 15 is 0 Å². The van der Waals surface area contributed by atoms with E-state index in [0.29, 0.717) is 0 Å². The van der Waals surface area contributed by atoms with Crippen molar-refractivity contribution in [1.29, 1.82) is 0 Å². The van der Waals surface area contributed by atoms with E-state index in [4.69, 9.17) is 5.73 Å². The Kier molecular flexibility index (Phi) is 4.33. The summed E-state index contributed by atoms with van der Waals surface area (Å²) >= 11 is 3.49. The van der Waals surface area contributed by atoms with Crippen LogP contribution in [0.25, 0.3) is 11.0 Å². The van der Waals surface area contributed by atoms with Crippen LogP contribution in [0.1, 0.15) is 29.0 Å². The first-order valence-electron chi connectivity index (χ1n) is 7.09. The molecule has 3 N–H and O–H groups in total. The molecule has 0 radical (unpaired) electrons. The monoisotopic (exact) mass is 317 g/mol. The fourth-order valence-corrected chi connectivity index (χ4v) is 4.51. The van der Waals surface area contributed by atoms with Crippen LogP contribution in [0.4, 0.5) is 0 Å². The Balaban J connectivity index is 1.90. The van der Waals surface area contributed by atoms with E-state index in [1.54, 1.807) is 23.1 Å². The molecule has 2 aromatic heterocycles. The molecule has 0 saturated heterocycles. The van der Waals surface area contributed by atoms with Crippen molar-refractivity contribution in [3.63, 3.8) is 0 Å². The molecule has 0 fully saturated rings. The van der Waals surface area contributed by atoms with Crippen molar-refractivity contribution in [3.8, 4) is 0 Å². The van der Waals surface area contributed by atoms with Crippen LogP contribution in [0, 0.1) is 6.92 Å². The first-order chi connectivity index (χ1) is 10.2. The third-order valence-electron chi connectivity index (χ3n) is 3.54. The molecule has 3 aromatic rings. The van der Waals surface area contributed by atoms with Gasteiger partial charge in [-0.3, -0.25) is 0 Å². The quantitative estimate of drug-likeness (QED) is 0.681. The topological polar surface area (TPSA) is 54.7 Å². The second kappa shape index (κ2) is 6.22. The fourth-order valence-electron chi connectivity index (χ4n) is 2.30. The molecule has 0 amide bonds. The van der Waals surface area contributed by atoms with Gasteiger partial charge in [0.15, 0.2) is 5.16 Å². The summed E-state index contributed by atoms with van der Waals surface area (Å²) in [6.45, 7) is 4.22. The second-order valence-corrected chi connectivity index (χ2v) is 7.30. The summed E-state index contributed by atoms with van der Waals surface area (Å²) in [7, 11) is 0. The largest absolute Gasteiger partial charge is 0.333 e. The maximum absolute atomic E-state index is 6.32. The van der Waals surface area contributed by atoms with Crippen LogP contribution in [-0.4, -0.2) is 16.0 Å². The highest BCUT2D eigenvalue weighted by molar-refractivity contribution is 7.99. The number of thioether (sulfide) groups is 1. The average Bonchev–Trinajstić information content (AvgIpc) is 3.12. The van der Waals surface area contributed by atoms with Crippen molar-refractivity contribution in [2.24, 2.45) is 5.73 Å². The molecular weight excluding hydrogens is 298 g/mol. The van der Waals surface area contributed by atoms with Gasteiger partial charge in [-0.05, 0) is 42.5 Å². The minimum Gasteiger partial charge on any atom is -0.333 e. The van der Waals surface area contributed by atoms with E-state index in [1.165, 1.54) is 10.4 Å². The molecule has 2 heterocycles. The van der Waals surface area contributed by atoms with Gasteiger partial charge in [0.1, 0.15) is 0 Å². The molecule has 1 aromatic carbocycles. The molecular formula is C16H19N3S2. The summed E-state index contributed by atoms with van der Waals surface area (Å²) in [4.78, 5) is 9.40. The van der Waals surface area contributed by atoms with Gasteiger partial charge in [0.25, 0.3) is 0 Å². The molecule has 2 unspecified atom stereocenters. The van der Waals surface area contributed by atoms with Crippen LogP contribution in [0.15, 0.2) is 40.9 Å². The third-order valence-corrected chi connectivity index (χ3v) is 5.92. The molecule has 3 nitrogen and oxygen atoms in total. The molecule has 0 aliphatic rings. The highest BCUT2D eigenvalue weighted by atomic mass is 32.2. The van der Waals surface area contributed by atoms with Gasteiger partial charge in [-0.25, -0.2) is 4.98 Å². The number of hydrogen-bond acceptors (Lipinski definition) is 4. The van der Waals surface area contributed by atoms with Gasteiger partial charge in [0.05, 0.1) is 16.3 Å². The molecule has 110 valence electrons. The van der Waals surface area contributed by atoms with Crippen molar-refractivity contribution < 1.29 is 0 Å². The van der Waals surface area contributed by atoms with Gasteiger partial charge >= 0.3 is 0 Å². The molecule has 3 rings (SSSR count). The van der Waals surface area contributed by atoms with Crippen LogP contribution in [-0.2, 0) is 0 Å². The number of aryl methyl sites for hydroxylation is 1. The number of benzene rings is 1. The van der Waals surface area contributed by atoms with Gasteiger partial charge in [0, 0.05) is 10.9 Å². The van der Waals surface area contributed by atoms with E-state index < -0.39 is 0 Å². The SMILES string of the molecule is CCC(N)C(Sc1nc2ccc(C)cc2[nH]1)c1cccs1. The first kappa shape index (κ1) is 14.6. The predicted molar refractivity (Wildman–Crippen MR) is 92.0 cm³/mol. The Labute approximate surface area is 133 Å². The van der Waals surface area contributed by atoms with E-state index in [2.05, 4.69) is 59.5 Å². The number of aromatic amines is 1. The summed E-state index contributed by atoms with van der Waals surface area (Å²) < 4.78 is 0. The van der Waals surface area contributed by atoms with E-state index in [9.17, 15) is 0 Å². The molecule has 0 aliphatic carbocycles. The summed E-state index contributed by atoms with van der Waals surface area (Å²) in [6.07, 6.45) is 0.953. The minimum atomic E-state index is 0.128. The molecule has 0 bridgehead atoms. The van der Waals surface area contributed by atoms with Crippen molar-refractivity contribution in [2.45, 2.75) is 36.7 Å². The highest BCUT2D eigenvalue weighted by Crippen LogP contribution is 2.39. The van der Waals surface area contributed by atoms with E-state index in [1.807, 2.05) is 0 Å². The number of H-pyrrole nitrogens is 1. The Hall–Kier alpha value is -1.30. The Morgan fingerprint density at radius 3 is 2.95 bits per heavy atom. The standard InChI is InChI=1S/C16H19N3S2/c1-3-11(17)15(14-5-4-8-20-14)21-16-18-12-7-6-10(2)9-13(12)19-16/h4-9,11,15H,3,17H2,1-2H3,(H,18,19).